The van der Waals surface area contributed by atoms with Gasteiger partial charge in [-0.1, -0.05) is 11.6 Å². The fraction of sp³-hybridized carbons (Fsp3) is 0.500. The van der Waals surface area contributed by atoms with Gasteiger partial charge in [-0.3, -0.25) is 4.79 Å². The minimum Gasteiger partial charge on any atom is -0.368 e. The van der Waals surface area contributed by atoms with Crippen molar-refractivity contribution in [2.75, 3.05) is 6.54 Å². The van der Waals surface area contributed by atoms with Crippen LogP contribution in [0.25, 0.3) is 0 Å². The van der Waals surface area contributed by atoms with Gasteiger partial charge in [0.25, 0.3) is 0 Å². The number of carbonyl (C=O) groups is 1. The Bertz CT molecular complexity index is 277. The first kappa shape index (κ1) is 9.84. The summed E-state index contributed by atoms with van der Waals surface area (Å²) in [5.74, 6) is -0.301. The molecule has 1 heterocycles. The van der Waals surface area contributed by atoms with Crippen molar-refractivity contribution in [3.05, 3.63) is 23.9 Å². The van der Waals surface area contributed by atoms with E-state index in [1.165, 1.54) is 5.57 Å². The van der Waals surface area contributed by atoms with Crippen LogP contribution in [0.2, 0.25) is 0 Å². The number of nitrogens with two attached hydrogens (primary N) is 1. The first-order chi connectivity index (χ1) is 5.94. The van der Waals surface area contributed by atoms with Gasteiger partial charge in [-0.15, -0.1) is 0 Å². The molecule has 13 heavy (non-hydrogen) atoms. The summed E-state index contributed by atoms with van der Waals surface area (Å²) in [6, 6.07) is 0. The largest absolute Gasteiger partial charge is 0.368 e. The highest BCUT2D eigenvalue weighted by atomic mass is 16.1. The van der Waals surface area contributed by atoms with E-state index in [-0.39, 0.29) is 5.91 Å². The highest BCUT2D eigenvalue weighted by molar-refractivity contribution is 5.83. The van der Waals surface area contributed by atoms with Crippen LogP contribution >= 0.6 is 0 Å². The molecule has 1 amide bonds. The SMILES string of the molecule is CC1=CCN(C(C)(C)C(N)=O)C=C1. The Morgan fingerprint density at radius 2 is 2.23 bits per heavy atom. The lowest BCUT2D eigenvalue weighted by Gasteiger charge is -2.35. The molecule has 2 N–H and O–H groups in total. The van der Waals surface area contributed by atoms with E-state index in [4.69, 9.17) is 5.73 Å². The number of nitrogens with zero attached hydrogens (tertiary/aromatic N) is 1. The first-order valence-corrected chi connectivity index (χ1v) is 4.36. The summed E-state index contributed by atoms with van der Waals surface area (Å²) in [6.07, 6.45) is 5.97. The molecule has 0 spiro atoms. The first-order valence-electron chi connectivity index (χ1n) is 4.36. The van der Waals surface area contributed by atoms with E-state index in [1.807, 2.05) is 37.9 Å². The van der Waals surface area contributed by atoms with Crippen LogP contribution in [0.15, 0.2) is 23.9 Å². The fourth-order valence-electron chi connectivity index (χ4n) is 1.13. The lowest BCUT2D eigenvalue weighted by Crippen LogP contribution is -2.51. The third-order valence-corrected chi connectivity index (χ3v) is 2.45. The molecule has 0 atom stereocenters. The Hall–Kier alpha value is -1.25. The molecule has 1 aliphatic rings. The average Bonchev–Trinajstić information content (AvgIpc) is 2.04. The summed E-state index contributed by atoms with van der Waals surface area (Å²) in [5.41, 5.74) is 5.92. The van der Waals surface area contributed by atoms with E-state index in [1.54, 1.807) is 0 Å². The van der Waals surface area contributed by atoms with E-state index in [0.29, 0.717) is 0 Å². The zero-order valence-corrected chi connectivity index (χ0v) is 8.37. The van der Waals surface area contributed by atoms with Crippen LogP contribution < -0.4 is 5.73 Å². The zero-order valence-electron chi connectivity index (χ0n) is 8.37. The van der Waals surface area contributed by atoms with Crippen molar-refractivity contribution in [1.82, 2.24) is 4.90 Å². The van der Waals surface area contributed by atoms with Gasteiger partial charge in [0.05, 0.1) is 0 Å². The Morgan fingerprint density at radius 3 is 2.62 bits per heavy atom. The van der Waals surface area contributed by atoms with Gasteiger partial charge in [0.15, 0.2) is 0 Å². The summed E-state index contributed by atoms with van der Waals surface area (Å²) in [5, 5.41) is 0. The third kappa shape index (κ3) is 1.91. The number of amides is 1. The summed E-state index contributed by atoms with van der Waals surface area (Å²) in [6.45, 7) is 6.44. The van der Waals surface area contributed by atoms with Gasteiger partial charge < -0.3 is 10.6 Å². The van der Waals surface area contributed by atoms with E-state index >= 15 is 0 Å². The van der Waals surface area contributed by atoms with Gasteiger partial charge in [-0.05, 0) is 26.8 Å². The standard InChI is InChI=1S/C10H16N2O/c1-8-4-6-12(7-5-8)10(2,3)9(11)13/h4-6H,7H2,1-3H3,(H2,11,13). The van der Waals surface area contributed by atoms with Crippen LogP contribution in [0.5, 0.6) is 0 Å². The molecule has 0 aromatic carbocycles. The normalized spacial score (nSPS) is 17.2. The predicted molar refractivity (Wildman–Crippen MR) is 52.9 cm³/mol. The molecule has 3 nitrogen and oxygen atoms in total. The zero-order chi connectivity index (χ0) is 10.1. The van der Waals surface area contributed by atoms with Gasteiger partial charge in [-0.25, -0.2) is 0 Å². The second-order valence-corrected chi connectivity index (χ2v) is 3.84. The number of hydrogen-bond acceptors (Lipinski definition) is 2. The Morgan fingerprint density at radius 1 is 1.62 bits per heavy atom. The molecule has 0 aromatic heterocycles. The number of primary amides is 1. The van der Waals surface area contributed by atoms with Crippen molar-refractivity contribution in [2.45, 2.75) is 26.3 Å². The van der Waals surface area contributed by atoms with E-state index in [9.17, 15) is 4.79 Å². The monoisotopic (exact) mass is 180 g/mol. The van der Waals surface area contributed by atoms with Crippen molar-refractivity contribution in [2.24, 2.45) is 5.73 Å². The van der Waals surface area contributed by atoms with Crippen LogP contribution in [0.3, 0.4) is 0 Å². The highest BCUT2D eigenvalue weighted by Crippen LogP contribution is 2.18. The topological polar surface area (TPSA) is 46.3 Å². The molecule has 72 valence electrons. The molecule has 0 aliphatic carbocycles. The van der Waals surface area contributed by atoms with Gasteiger partial charge in [0, 0.05) is 12.7 Å². The molecular formula is C10H16N2O. The van der Waals surface area contributed by atoms with Gasteiger partial charge in [0.2, 0.25) is 5.91 Å². The quantitative estimate of drug-likeness (QED) is 0.689. The number of carbonyl (C=O) groups excluding carboxylic acids is 1. The maximum Gasteiger partial charge on any atom is 0.242 e. The van der Waals surface area contributed by atoms with Crippen molar-refractivity contribution in [1.29, 1.82) is 0 Å². The Kier molecular flexibility index (Phi) is 2.45. The smallest absolute Gasteiger partial charge is 0.242 e. The second-order valence-electron chi connectivity index (χ2n) is 3.84. The highest BCUT2D eigenvalue weighted by Gasteiger charge is 2.30. The lowest BCUT2D eigenvalue weighted by molar-refractivity contribution is -0.126. The molecule has 0 radical (unpaired) electrons. The predicted octanol–water partition coefficient (Wildman–Crippen LogP) is 1.03. The number of hydrogen-bond donors (Lipinski definition) is 1. The average molecular weight is 180 g/mol. The van der Waals surface area contributed by atoms with Gasteiger partial charge >= 0.3 is 0 Å². The van der Waals surface area contributed by atoms with Crippen molar-refractivity contribution in [3.63, 3.8) is 0 Å². The summed E-state index contributed by atoms with van der Waals surface area (Å²) >= 11 is 0. The Balaban J connectivity index is 2.77. The second kappa shape index (κ2) is 3.24. The maximum absolute atomic E-state index is 11.1. The van der Waals surface area contributed by atoms with Crippen molar-refractivity contribution in [3.8, 4) is 0 Å². The molecule has 1 rings (SSSR count). The molecule has 3 heteroatoms. The summed E-state index contributed by atoms with van der Waals surface area (Å²) < 4.78 is 0. The van der Waals surface area contributed by atoms with E-state index in [2.05, 4.69) is 6.08 Å². The third-order valence-electron chi connectivity index (χ3n) is 2.45. The van der Waals surface area contributed by atoms with Crippen LogP contribution in [-0.2, 0) is 4.79 Å². The summed E-state index contributed by atoms with van der Waals surface area (Å²) in [7, 11) is 0. The van der Waals surface area contributed by atoms with Crippen molar-refractivity contribution < 1.29 is 4.79 Å². The van der Waals surface area contributed by atoms with Gasteiger partial charge in [0.1, 0.15) is 5.54 Å². The van der Waals surface area contributed by atoms with E-state index < -0.39 is 5.54 Å². The minimum atomic E-state index is -0.603. The molecule has 0 bridgehead atoms. The number of rotatable bonds is 2. The van der Waals surface area contributed by atoms with Crippen LogP contribution in [0, 0.1) is 0 Å². The Labute approximate surface area is 78.9 Å². The molecule has 0 aromatic rings. The van der Waals surface area contributed by atoms with Crippen molar-refractivity contribution >= 4 is 5.91 Å². The maximum atomic E-state index is 11.1. The van der Waals surface area contributed by atoms with Gasteiger partial charge in [-0.2, -0.15) is 0 Å². The molecule has 0 saturated heterocycles. The minimum absolute atomic E-state index is 0.301. The van der Waals surface area contributed by atoms with E-state index in [0.717, 1.165) is 6.54 Å². The molecule has 1 aliphatic heterocycles. The van der Waals surface area contributed by atoms with Crippen LogP contribution in [-0.4, -0.2) is 22.9 Å². The summed E-state index contributed by atoms with van der Waals surface area (Å²) in [4.78, 5) is 13.1. The number of allylic oxidation sites excluding steroid dienone is 2. The lowest BCUT2D eigenvalue weighted by atomic mass is 10.0. The molecular weight excluding hydrogens is 164 g/mol. The molecule has 0 unspecified atom stereocenters. The van der Waals surface area contributed by atoms with Crippen LogP contribution in [0.1, 0.15) is 20.8 Å². The molecule has 0 saturated carbocycles. The fourth-order valence-corrected chi connectivity index (χ4v) is 1.13. The molecule has 0 fully saturated rings. The van der Waals surface area contributed by atoms with Crippen LogP contribution in [0.4, 0.5) is 0 Å².